The Morgan fingerprint density at radius 3 is 1.69 bits per heavy atom. The van der Waals surface area contributed by atoms with Gasteiger partial charge in [0.05, 0.1) is 82.0 Å². The van der Waals surface area contributed by atoms with E-state index in [0.717, 1.165) is 95.7 Å². The van der Waals surface area contributed by atoms with E-state index in [-0.39, 0.29) is 36.4 Å². The number of Topliss-reactive ketones (excluding diaryl/α,β-unsaturated/α-hetero) is 1. The van der Waals surface area contributed by atoms with Crippen molar-refractivity contribution in [1.82, 2.24) is 57.1 Å². The third-order valence-corrected chi connectivity index (χ3v) is 20.4. The Labute approximate surface area is 605 Å². The van der Waals surface area contributed by atoms with E-state index >= 15 is 0 Å². The first-order valence-electron chi connectivity index (χ1n) is 31.9. The number of nitrogens with zero attached hydrogens (tertiary/aromatic N) is 16. The highest BCUT2D eigenvalue weighted by molar-refractivity contribution is 7.92. The molecule has 0 saturated heterocycles. The number of aromatic nitrogens is 11. The van der Waals surface area contributed by atoms with Gasteiger partial charge >= 0.3 is 7.60 Å². The molecule has 13 heterocycles. The van der Waals surface area contributed by atoms with Crippen molar-refractivity contribution in [2.45, 2.75) is 59.3 Å². The van der Waals surface area contributed by atoms with Gasteiger partial charge in [-0.3, -0.25) is 23.9 Å². The molecule has 11 aromatic rings. The molecule has 13 rings (SSSR count). The predicted octanol–water partition coefficient (Wildman–Crippen LogP) is 9.68. The number of carbonyl (C=O) groups excluding carboxylic acids is 3. The van der Waals surface area contributed by atoms with Crippen molar-refractivity contribution >= 4 is 133 Å². The molecule has 39 heteroatoms. The summed E-state index contributed by atoms with van der Waals surface area (Å²) in [6.45, 7) is 8.40. The maximum absolute atomic E-state index is 11.8. The zero-order valence-corrected chi connectivity index (χ0v) is 62.3. The fourth-order valence-corrected chi connectivity index (χ4v) is 14.2. The van der Waals surface area contributed by atoms with E-state index in [2.05, 4.69) is 72.7 Å². The van der Waals surface area contributed by atoms with Crippen molar-refractivity contribution in [3.05, 3.63) is 175 Å². The largest absolute Gasteiger partial charge is 0.372 e. The van der Waals surface area contributed by atoms with E-state index in [1.54, 1.807) is 87.3 Å². The van der Waals surface area contributed by atoms with Gasteiger partial charge in [0.25, 0.3) is 0 Å². The van der Waals surface area contributed by atoms with Gasteiger partial charge in [-0.1, -0.05) is 26.2 Å². The molecular weight excluding hydrogens is 1460 g/mol. The van der Waals surface area contributed by atoms with Crippen LogP contribution in [-0.4, -0.2) is 180 Å². The number of aliphatic imine (C=N–C) groups is 1. The molecule has 0 saturated carbocycles. The van der Waals surface area contributed by atoms with Crippen LogP contribution in [0.5, 0.6) is 0 Å². The second kappa shape index (κ2) is 39.6. The van der Waals surface area contributed by atoms with Gasteiger partial charge in [-0.05, 0) is 121 Å². The number of pyridine rings is 6. The molecule has 0 spiro atoms. The first-order chi connectivity index (χ1) is 50.1. The highest BCUT2D eigenvalue weighted by Gasteiger charge is 2.33. The molecule has 0 atom stereocenters. The van der Waals surface area contributed by atoms with Crippen LogP contribution in [0.2, 0.25) is 0 Å². The van der Waals surface area contributed by atoms with E-state index < -0.39 is 47.7 Å². The Morgan fingerprint density at radius 2 is 1.15 bits per heavy atom. The summed E-state index contributed by atoms with van der Waals surface area (Å²) in [5.41, 5.74) is 12.1. The summed E-state index contributed by atoms with van der Waals surface area (Å²) in [7, 11) is -16.6. The zero-order chi connectivity index (χ0) is 76.8. The standard InChI is InChI=1S/C12H14N4O2S.C10H9N3O2S.C9H8N2O3S.C8H8N2O3S.C8H6N2O.C7H6N2.C6H14N4.C6H12NO3P/c1-19(17,18)16-8-9(7-11-13-5-6-14-11)10-3-2-4-15-12(10)16;1-16(14,15)13-7-8(4-5-11)9-3-2-6-12-10(9)13;1-15(13,14)11-5-7(6-12)8-3-2-4-10-9(8)11;1-14(12,13)10-5-7(11)6-3-2-4-9-8(6)10;11-5-6-4-10-8-7(6)2-1-3-9-8;1-2-6-3-5-9-7(6)8-4-1;1-2-3-4-5-6-8-10-9-7;1-3-9-11(8,6-5-7)10-4-2/h2-4,8H,5-7H2,1H3,(H,13,14);2-3,6-7H,4H2,1H3;2-6H,1H3;2-4H,5H2,1H3;1-5H,(H,9,10);1-5H,(H,8,9);7H,2-6H2,1H3;3-4,6H2,1-2H3. The first-order valence-corrected chi connectivity index (χ1v) is 41.0. The van der Waals surface area contributed by atoms with Gasteiger partial charge in [0.2, 0.25) is 40.1 Å². The van der Waals surface area contributed by atoms with Crippen molar-refractivity contribution < 1.29 is 61.7 Å². The second-order valence-electron chi connectivity index (χ2n) is 22.2. The molecule has 105 heavy (non-hydrogen) atoms. The van der Waals surface area contributed by atoms with E-state index in [1.165, 1.54) is 60.5 Å². The van der Waals surface area contributed by atoms with Gasteiger partial charge in [-0.25, -0.2) is 79.8 Å². The minimum absolute atomic E-state index is 0.134. The minimum atomic E-state index is -3.42. The van der Waals surface area contributed by atoms with Gasteiger partial charge in [0, 0.05) is 119 Å². The maximum atomic E-state index is 11.8. The van der Waals surface area contributed by atoms with Crippen LogP contribution < -0.4 is 9.62 Å². The van der Waals surface area contributed by atoms with Crippen molar-refractivity contribution in [3.63, 3.8) is 0 Å². The lowest BCUT2D eigenvalue weighted by molar-refractivity contribution is 0.101. The number of nitriles is 2. The van der Waals surface area contributed by atoms with Gasteiger partial charge in [0.15, 0.2) is 41.1 Å². The van der Waals surface area contributed by atoms with Crippen LogP contribution in [-0.2, 0) is 66.5 Å². The quantitative estimate of drug-likeness (QED) is 0.0181. The van der Waals surface area contributed by atoms with Crippen LogP contribution in [0, 0.1) is 28.2 Å². The first kappa shape index (κ1) is 83.0. The van der Waals surface area contributed by atoms with Crippen LogP contribution in [0.15, 0.2) is 168 Å². The molecule has 11 aromatic heterocycles. The van der Waals surface area contributed by atoms with Crippen LogP contribution in [0.4, 0.5) is 5.82 Å². The van der Waals surface area contributed by atoms with Crippen molar-refractivity contribution in [2.24, 2.45) is 20.6 Å². The number of amidine groups is 1. The Kier molecular flexibility index (Phi) is 31.3. The number of fused-ring (bicyclic) bond motifs is 6. The molecule has 0 amide bonds. The van der Waals surface area contributed by atoms with Gasteiger partial charge in [-0.15, -0.1) is 0 Å². The molecule has 0 radical (unpaired) electrons. The molecular formula is C66H77N20O14PS4. The molecule has 2 aliphatic rings. The number of unbranched alkanes of at least 4 members (excludes halogenated alkanes) is 3. The number of H-pyrrole nitrogens is 2. The topological polar surface area (TPSA) is 483 Å². The summed E-state index contributed by atoms with van der Waals surface area (Å²) in [6.07, 6.45) is 28.7. The SMILES string of the molecule is CCCCCCN=NN=N.CCOP(=O)(CC#N)OCC.CS(=O)(=O)N1CC(=O)c2cccnc21.CS(=O)(=O)n1cc(C=O)c2cccnc21.CS(=O)(=O)n1cc(CC#N)c2cccnc21.CS(=O)(=O)n1cc(CC2=NCCN2)c2cccnc21.O=Cc1c[nH]c2ncccc12.c1cnc2[nH]ccc2c1. The number of rotatable bonds is 20. The fourth-order valence-electron chi connectivity index (χ4n) is 9.84. The highest BCUT2D eigenvalue weighted by Crippen LogP contribution is 2.47. The minimum Gasteiger partial charge on any atom is -0.372 e. The van der Waals surface area contributed by atoms with E-state index in [9.17, 15) is 52.6 Å². The molecule has 0 unspecified atom stereocenters. The normalized spacial score (nSPS) is 12.4. The summed E-state index contributed by atoms with van der Waals surface area (Å²) < 4.78 is 117. The fraction of sp³-hybridized carbons (Fsp3) is 0.303. The molecule has 0 fully saturated rings. The number of hydrogen-bond acceptors (Lipinski definition) is 26. The smallest absolute Gasteiger partial charge is 0.344 e. The lowest BCUT2D eigenvalue weighted by Gasteiger charge is -2.13. The average molecular weight is 1530 g/mol. The third kappa shape index (κ3) is 24.0. The number of sulfonamides is 1. The van der Waals surface area contributed by atoms with Gasteiger partial charge < -0.3 is 24.3 Å². The Morgan fingerprint density at radius 1 is 0.619 bits per heavy atom. The third-order valence-electron chi connectivity index (χ3n) is 14.4. The number of anilines is 1. The van der Waals surface area contributed by atoms with E-state index in [4.69, 9.17) is 25.1 Å². The lowest BCUT2D eigenvalue weighted by atomic mass is 10.1. The number of ketones is 1. The van der Waals surface area contributed by atoms with Crippen LogP contribution in [0.25, 0.3) is 55.2 Å². The summed E-state index contributed by atoms with van der Waals surface area (Å²) in [4.78, 5) is 66.9. The zero-order valence-electron chi connectivity index (χ0n) is 58.2. The van der Waals surface area contributed by atoms with Crippen molar-refractivity contribution in [1.29, 1.82) is 16.1 Å². The number of aldehydes is 2. The Balaban J connectivity index is 0.000000190. The van der Waals surface area contributed by atoms with Crippen molar-refractivity contribution in [2.75, 3.05) is 74.9 Å². The lowest BCUT2D eigenvalue weighted by Crippen LogP contribution is -2.29. The molecule has 4 N–H and O–H groups in total. The van der Waals surface area contributed by atoms with E-state index in [0.29, 0.717) is 76.8 Å². The number of aromatic amines is 2. The summed E-state index contributed by atoms with van der Waals surface area (Å²) in [6, 6.07) is 27.1. The summed E-state index contributed by atoms with van der Waals surface area (Å²) >= 11 is 0. The molecule has 0 bridgehead atoms. The monoisotopic (exact) mass is 1530 g/mol. The number of carbonyl (C=O) groups is 3. The number of hydrogen-bond donors (Lipinski definition) is 4. The second-order valence-corrected chi connectivity index (χ2v) is 31.7. The Hall–Kier alpha value is -11.0. The maximum Gasteiger partial charge on any atom is 0.344 e. The molecule has 0 aromatic carbocycles. The molecule has 2 aliphatic heterocycles. The van der Waals surface area contributed by atoms with Crippen LogP contribution in [0.1, 0.15) is 88.7 Å². The highest BCUT2D eigenvalue weighted by atomic mass is 32.2. The Bertz CT molecular complexity index is 5450. The van der Waals surface area contributed by atoms with E-state index in [1.807, 2.05) is 54.7 Å². The summed E-state index contributed by atoms with van der Waals surface area (Å²) in [5, 5.41) is 33.8. The predicted molar refractivity (Wildman–Crippen MR) is 397 cm³/mol. The average Bonchev–Trinajstić information content (AvgIpc) is 1.65. The molecule has 0 aliphatic carbocycles. The van der Waals surface area contributed by atoms with Gasteiger partial charge in [-0.2, -0.15) is 21.2 Å². The summed E-state index contributed by atoms with van der Waals surface area (Å²) in [5.74, 6) is 0.926. The van der Waals surface area contributed by atoms with Crippen LogP contribution >= 0.6 is 7.60 Å². The molecule has 554 valence electrons. The van der Waals surface area contributed by atoms with Crippen LogP contribution in [0.3, 0.4) is 0 Å². The number of nitrogens with one attached hydrogen (secondary N) is 4. The van der Waals surface area contributed by atoms with Gasteiger partial charge in [0.1, 0.15) is 23.3 Å². The molecule has 34 nitrogen and oxygen atoms in total. The van der Waals surface area contributed by atoms with Crippen molar-refractivity contribution in [3.8, 4) is 12.1 Å².